The summed E-state index contributed by atoms with van der Waals surface area (Å²) in [4.78, 5) is 30.6. The fraction of sp³-hybridized carbons (Fsp3) is 0.143. The molecule has 5 nitrogen and oxygen atoms in total. The fourth-order valence-corrected chi connectivity index (χ4v) is 4.21. The van der Waals surface area contributed by atoms with E-state index in [0.29, 0.717) is 12.1 Å². The number of carbonyl (C=O) groups excluding carboxylic acids is 1. The largest absolute Gasteiger partial charge is 0.352 e. The van der Waals surface area contributed by atoms with Gasteiger partial charge in [0.25, 0.3) is 5.91 Å². The van der Waals surface area contributed by atoms with Crippen molar-refractivity contribution in [3.8, 4) is 0 Å². The summed E-state index contributed by atoms with van der Waals surface area (Å²) in [5, 5.41) is 2.91. The molecule has 136 valence electrons. The van der Waals surface area contributed by atoms with Crippen LogP contribution in [0.2, 0.25) is 0 Å². The standard InChI is InChI=1S/C21H19N3O2S/c25-20-11-10-15(14-23-20)21(26)22-12-5-13-24-16-6-1-3-8-18(16)27-19-9-4-2-7-17(19)24/h1-4,6-11,14H,5,12-13H2,(H,22,26)(H,23,25). The number of pyridine rings is 1. The Hall–Kier alpha value is -2.99. The number of anilines is 2. The molecule has 0 unspecified atom stereocenters. The molecule has 6 heteroatoms. The van der Waals surface area contributed by atoms with Gasteiger partial charge >= 0.3 is 0 Å². The number of para-hydroxylation sites is 2. The van der Waals surface area contributed by atoms with Gasteiger partial charge in [0.2, 0.25) is 5.56 Å². The highest BCUT2D eigenvalue weighted by Gasteiger charge is 2.22. The smallest absolute Gasteiger partial charge is 0.252 e. The third-order valence-corrected chi connectivity index (χ3v) is 5.55. The van der Waals surface area contributed by atoms with E-state index in [2.05, 4.69) is 63.7 Å². The van der Waals surface area contributed by atoms with Gasteiger partial charge in [-0.15, -0.1) is 0 Å². The molecule has 27 heavy (non-hydrogen) atoms. The van der Waals surface area contributed by atoms with Crippen molar-refractivity contribution in [3.63, 3.8) is 0 Å². The highest BCUT2D eigenvalue weighted by Crippen LogP contribution is 2.47. The van der Waals surface area contributed by atoms with Crippen LogP contribution in [0.25, 0.3) is 0 Å². The first-order chi connectivity index (χ1) is 13.2. The maximum absolute atomic E-state index is 12.2. The Morgan fingerprint density at radius 3 is 2.26 bits per heavy atom. The average Bonchev–Trinajstić information content (AvgIpc) is 2.70. The number of hydrogen-bond donors (Lipinski definition) is 2. The molecule has 2 aromatic carbocycles. The maximum Gasteiger partial charge on any atom is 0.252 e. The van der Waals surface area contributed by atoms with Crippen molar-refractivity contribution in [2.45, 2.75) is 16.2 Å². The van der Waals surface area contributed by atoms with Gasteiger partial charge < -0.3 is 15.2 Å². The van der Waals surface area contributed by atoms with E-state index in [0.717, 1.165) is 13.0 Å². The number of carbonyl (C=O) groups is 1. The van der Waals surface area contributed by atoms with Gasteiger partial charge in [0.15, 0.2) is 0 Å². The van der Waals surface area contributed by atoms with Crippen molar-refractivity contribution < 1.29 is 4.79 Å². The monoisotopic (exact) mass is 377 g/mol. The molecule has 4 rings (SSSR count). The fourth-order valence-electron chi connectivity index (χ4n) is 3.12. The molecule has 0 spiro atoms. The second-order valence-corrected chi connectivity index (χ2v) is 7.32. The summed E-state index contributed by atoms with van der Waals surface area (Å²) in [6, 6.07) is 19.7. The van der Waals surface area contributed by atoms with Crippen LogP contribution in [0.15, 0.2) is 81.4 Å². The van der Waals surface area contributed by atoms with Crippen LogP contribution in [0.1, 0.15) is 16.8 Å². The first-order valence-corrected chi connectivity index (χ1v) is 9.64. The van der Waals surface area contributed by atoms with Crippen LogP contribution in [0.3, 0.4) is 0 Å². The Labute approximate surface area is 161 Å². The lowest BCUT2D eigenvalue weighted by atomic mass is 10.2. The van der Waals surface area contributed by atoms with E-state index in [1.165, 1.54) is 39.5 Å². The topological polar surface area (TPSA) is 65.2 Å². The zero-order valence-electron chi connectivity index (χ0n) is 14.6. The molecule has 1 aromatic heterocycles. The van der Waals surface area contributed by atoms with E-state index in [1.807, 2.05) is 0 Å². The Balaban J connectivity index is 1.42. The highest BCUT2D eigenvalue weighted by molar-refractivity contribution is 7.99. The van der Waals surface area contributed by atoms with Crippen molar-refractivity contribution >= 4 is 29.0 Å². The molecule has 0 atom stereocenters. The number of hydrogen-bond acceptors (Lipinski definition) is 4. The van der Waals surface area contributed by atoms with Crippen LogP contribution in [0.4, 0.5) is 11.4 Å². The molecule has 0 fully saturated rings. The number of nitrogens with one attached hydrogen (secondary N) is 2. The third-order valence-electron chi connectivity index (χ3n) is 4.42. The zero-order chi connectivity index (χ0) is 18.6. The van der Waals surface area contributed by atoms with Gasteiger partial charge in [0.05, 0.1) is 16.9 Å². The molecule has 1 amide bonds. The summed E-state index contributed by atoms with van der Waals surface area (Å²) < 4.78 is 0. The second kappa shape index (κ2) is 7.72. The molecular formula is C21H19N3O2S. The molecule has 0 radical (unpaired) electrons. The molecule has 2 N–H and O–H groups in total. The first kappa shape index (κ1) is 17.4. The van der Waals surface area contributed by atoms with E-state index in [1.54, 1.807) is 11.8 Å². The molecule has 1 aliphatic rings. The number of nitrogens with zero attached hydrogens (tertiary/aromatic N) is 1. The van der Waals surface area contributed by atoms with Gasteiger partial charge in [-0.25, -0.2) is 0 Å². The molecule has 0 aliphatic carbocycles. The van der Waals surface area contributed by atoms with E-state index in [-0.39, 0.29) is 11.5 Å². The van der Waals surface area contributed by atoms with Crippen LogP contribution in [0.5, 0.6) is 0 Å². The van der Waals surface area contributed by atoms with Gasteiger partial charge in [-0.2, -0.15) is 0 Å². The minimum Gasteiger partial charge on any atom is -0.352 e. The summed E-state index contributed by atoms with van der Waals surface area (Å²) in [6.45, 7) is 1.37. The predicted octanol–water partition coefficient (Wildman–Crippen LogP) is 3.80. The number of aromatic amines is 1. The van der Waals surface area contributed by atoms with Crippen molar-refractivity contribution in [2.75, 3.05) is 18.0 Å². The predicted molar refractivity (Wildman–Crippen MR) is 108 cm³/mol. The van der Waals surface area contributed by atoms with Gasteiger partial charge in [0.1, 0.15) is 0 Å². The summed E-state index contributed by atoms with van der Waals surface area (Å²) in [5.74, 6) is -0.179. The SMILES string of the molecule is O=C(NCCCN1c2ccccc2Sc2ccccc21)c1ccc(=O)[nH]c1. The summed E-state index contributed by atoms with van der Waals surface area (Å²) in [6.07, 6.45) is 2.24. The van der Waals surface area contributed by atoms with Crippen LogP contribution < -0.4 is 15.8 Å². The lowest BCUT2D eigenvalue weighted by Gasteiger charge is -2.32. The third kappa shape index (κ3) is 3.75. The van der Waals surface area contributed by atoms with Gasteiger partial charge in [-0.3, -0.25) is 9.59 Å². The van der Waals surface area contributed by atoms with E-state index in [4.69, 9.17) is 0 Å². The molecule has 0 bridgehead atoms. The van der Waals surface area contributed by atoms with Crippen LogP contribution in [-0.4, -0.2) is 24.0 Å². The molecule has 0 saturated heterocycles. The molecule has 1 aliphatic heterocycles. The Morgan fingerprint density at radius 2 is 1.63 bits per heavy atom. The summed E-state index contributed by atoms with van der Waals surface area (Å²) in [5.41, 5.74) is 2.65. The van der Waals surface area contributed by atoms with Crippen molar-refractivity contribution in [3.05, 3.63) is 82.8 Å². The van der Waals surface area contributed by atoms with Crippen molar-refractivity contribution in [1.29, 1.82) is 0 Å². The number of aromatic nitrogens is 1. The van der Waals surface area contributed by atoms with E-state index >= 15 is 0 Å². The summed E-state index contributed by atoms with van der Waals surface area (Å²) in [7, 11) is 0. The lowest BCUT2D eigenvalue weighted by molar-refractivity contribution is 0.0953. The molecule has 2 heterocycles. The quantitative estimate of drug-likeness (QED) is 0.664. The lowest BCUT2D eigenvalue weighted by Crippen LogP contribution is -2.29. The Kier molecular flexibility index (Phi) is 4.98. The van der Waals surface area contributed by atoms with Crippen LogP contribution in [-0.2, 0) is 0 Å². The van der Waals surface area contributed by atoms with Crippen molar-refractivity contribution in [2.24, 2.45) is 0 Å². The van der Waals surface area contributed by atoms with Crippen LogP contribution >= 0.6 is 11.8 Å². The minimum atomic E-state index is -0.216. The second-order valence-electron chi connectivity index (χ2n) is 6.24. The number of fused-ring (bicyclic) bond motifs is 2. The number of benzene rings is 2. The van der Waals surface area contributed by atoms with Crippen LogP contribution in [0, 0.1) is 0 Å². The number of rotatable bonds is 5. The average molecular weight is 377 g/mol. The molecular weight excluding hydrogens is 358 g/mol. The maximum atomic E-state index is 12.2. The Morgan fingerprint density at radius 1 is 0.963 bits per heavy atom. The van der Waals surface area contributed by atoms with Gasteiger partial charge in [-0.05, 0) is 36.8 Å². The van der Waals surface area contributed by atoms with E-state index in [9.17, 15) is 9.59 Å². The van der Waals surface area contributed by atoms with E-state index < -0.39 is 0 Å². The summed E-state index contributed by atoms with van der Waals surface area (Å²) >= 11 is 1.79. The number of H-pyrrole nitrogens is 1. The highest BCUT2D eigenvalue weighted by atomic mass is 32.2. The minimum absolute atomic E-state index is 0.179. The van der Waals surface area contributed by atoms with Gasteiger partial charge in [0, 0.05) is 35.1 Å². The molecule has 3 aromatic rings. The zero-order valence-corrected chi connectivity index (χ0v) is 15.5. The first-order valence-electron chi connectivity index (χ1n) is 8.83. The Bertz CT molecular complexity index is 966. The number of amides is 1. The molecule has 0 saturated carbocycles. The van der Waals surface area contributed by atoms with Crippen molar-refractivity contribution in [1.82, 2.24) is 10.3 Å². The normalized spacial score (nSPS) is 12.2. The van der Waals surface area contributed by atoms with Gasteiger partial charge in [-0.1, -0.05) is 36.0 Å².